The molecule has 1 aromatic carbocycles. The van der Waals surface area contributed by atoms with E-state index in [4.69, 9.17) is 0 Å². The fraction of sp³-hybridized carbons (Fsp3) is 0.176. The molecule has 0 saturated carbocycles. The molecule has 0 atom stereocenters. The van der Waals surface area contributed by atoms with E-state index in [2.05, 4.69) is 19.9 Å². The zero-order valence-electron chi connectivity index (χ0n) is 13.7. The van der Waals surface area contributed by atoms with Gasteiger partial charge in [0.1, 0.15) is 0 Å². The lowest BCUT2D eigenvalue weighted by Gasteiger charge is -2.12. The van der Waals surface area contributed by atoms with Gasteiger partial charge in [-0.2, -0.15) is 5.10 Å². The first-order chi connectivity index (χ1) is 11.4. The highest BCUT2D eigenvalue weighted by Gasteiger charge is 2.21. The topological polar surface area (TPSA) is 87.7 Å². The van der Waals surface area contributed by atoms with Gasteiger partial charge in [-0.15, -0.1) is 0 Å². The van der Waals surface area contributed by atoms with Crippen LogP contribution in [0.15, 0.2) is 47.6 Å². The normalized spacial score (nSPS) is 11.5. The summed E-state index contributed by atoms with van der Waals surface area (Å²) < 4.78 is 28.0. The lowest BCUT2D eigenvalue weighted by Crippen LogP contribution is -2.16. The second kappa shape index (κ2) is 6.09. The third kappa shape index (κ3) is 3.16. The lowest BCUT2D eigenvalue weighted by atomic mass is 10.1. The zero-order chi connectivity index (χ0) is 17.3. The Morgan fingerprint density at radius 3 is 2.25 bits per heavy atom. The Hall–Kier alpha value is -2.67. The Morgan fingerprint density at radius 2 is 1.62 bits per heavy atom. The second-order valence-electron chi connectivity index (χ2n) is 5.74. The summed E-state index contributed by atoms with van der Waals surface area (Å²) >= 11 is 0. The summed E-state index contributed by atoms with van der Waals surface area (Å²) in [5, 5.41) is 6.87. The van der Waals surface area contributed by atoms with Crippen molar-refractivity contribution in [3.63, 3.8) is 0 Å². The van der Waals surface area contributed by atoms with Crippen molar-refractivity contribution in [1.82, 2.24) is 15.2 Å². The molecule has 2 heterocycles. The van der Waals surface area contributed by atoms with Crippen molar-refractivity contribution < 1.29 is 8.42 Å². The van der Waals surface area contributed by atoms with Gasteiger partial charge in [-0.25, -0.2) is 8.42 Å². The van der Waals surface area contributed by atoms with Crippen LogP contribution >= 0.6 is 0 Å². The third-order valence-electron chi connectivity index (χ3n) is 3.68. The Morgan fingerprint density at radius 1 is 1.00 bits per heavy atom. The molecule has 24 heavy (non-hydrogen) atoms. The van der Waals surface area contributed by atoms with Crippen molar-refractivity contribution in [3.8, 4) is 11.3 Å². The van der Waals surface area contributed by atoms with Crippen LogP contribution in [0.2, 0.25) is 0 Å². The molecule has 3 rings (SSSR count). The molecule has 6 nitrogen and oxygen atoms in total. The van der Waals surface area contributed by atoms with E-state index in [1.54, 1.807) is 32.3 Å². The summed E-state index contributed by atoms with van der Waals surface area (Å²) in [7, 11) is -3.71. The summed E-state index contributed by atoms with van der Waals surface area (Å²) in [6.07, 6.45) is 3.33. The van der Waals surface area contributed by atoms with Gasteiger partial charge in [-0.1, -0.05) is 17.7 Å². The molecule has 0 spiro atoms. The number of rotatable bonds is 4. The third-order valence-corrected chi connectivity index (χ3v) is 5.34. The maximum Gasteiger partial charge on any atom is 0.263 e. The highest BCUT2D eigenvalue weighted by molar-refractivity contribution is 7.92. The molecular weight excluding hydrogens is 324 g/mol. The van der Waals surface area contributed by atoms with Crippen molar-refractivity contribution in [2.24, 2.45) is 0 Å². The van der Waals surface area contributed by atoms with Gasteiger partial charge >= 0.3 is 0 Å². The van der Waals surface area contributed by atoms with Crippen LogP contribution in [0.5, 0.6) is 0 Å². The van der Waals surface area contributed by atoms with Crippen LogP contribution in [0.25, 0.3) is 11.3 Å². The molecule has 0 aliphatic rings. The van der Waals surface area contributed by atoms with E-state index in [9.17, 15) is 8.42 Å². The number of anilines is 1. The number of sulfonamides is 1. The Balaban J connectivity index is 1.93. The van der Waals surface area contributed by atoms with E-state index in [0.29, 0.717) is 21.7 Å². The Labute approximate surface area is 141 Å². The predicted molar refractivity (Wildman–Crippen MR) is 93.3 cm³/mol. The van der Waals surface area contributed by atoms with Gasteiger partial charge in [-0.3, -0.25) is 14.8 Å². The first-order valence-electron chi connectivity index (χ1n) is 7.43. The summed E-state index contributed by atoms with van der Waals surface area (Å²) in [6.45, 7) is 5.53. The van der Waals surface area contributed by atoms with Crippen LogP contribution < -0.4 is 4.72 Å². The van der Waals surface area contributed by atoms with Gasteiger partial charge < -0.3 is 0 Å². The summed E-state index contributed by atoms with van der Waals surface area (Å²) in [5.41, 5.74) is 4.05. The van der Waals surface area contributed by atoms with Gasteiger partial charge in [-0.05, 0) is 44.0 Å². The number of pyridine rings is 1. The van der Waals surface area contributed by atoms with E-state index in [-0.39, 0.29) is 5.82 Å². The fourth-order valence-corrected chi connectivity index (χ4v) is 4.28. The van der Waals surface area contributed by atoms with Crippen molar-refractivity contribution in [2.75, 3.05) is 4.72 Å². The van der Waals surface area contributed by atoms with Crippen LogP contribution in [0.1, 0.15) is 16.7 Å². The second-order valence-corrected chi connectivity index (χ2v) is 7.36. The van der Waals surface area contributed by atoms with Gasteiger partial charge in [0.05, 0.1) is 10.6 Å². The highest BCUT2D eigenvalue weighted by atomic mass is 32.2. The zero-order valence-corrected chi connectivity index (χ0v) is 14.5. The van der Waals surface area contributed by atoms with Crippen molar-refractivity contribution in [2.45, 2.75) is 25.7 Å². The number of nitrogens with zero attached hydrogens (tertiary/aromatic N) is 2. The molecule has 0 amide bonds. The Bertz CT molecular complexity index is 956. The summed E-state index contributed by atoms with van der Waals surface area (Å²) in [4.78, 5) is 4.25. The maximum absolute atomic E-state index is 12.7. The molecule has 0 aliphatic heterocycles. The van der Waals surface area contributed by atoms with Crippen LogP contribution in [0.4, 0.5) is 5.82 Å². The molecule has 2 N–H and O–H groups in total. The van der Waals surface area contributed by atoms with Crippen LogP contribution in [0, 0.1) is 20.8 Å². The number of nitrogens with one attached hydrogen (secondary N) is 2. The van der Waals surface area contributed by atoms with Crippen molar-refractivity contribution >= 4 is 15.8 Å². The number of hydrogen-bond acceptors (Lipinski definition) is 4. The molecule has 0 aliphatic carbocycles. The lowest BCUT2D eigenvalue weighted by molar-refractivity contribution is 0.599. The highest BCUT2D eigenvalue weighted by Crippen LogP contribution is 2.25. The van der Waals surface area contributed by atoms with E-state index in [0.717, 1.165) is 11.1 Å². The van der Waals surface area contributed by atoms with Crippen molar-refractivity contribution in [3.05, 3.63) is 59.4 Å². The summed E-state index contributed by atoms with van der Waals surface area (Å²) in [6, 6.07) is 9.01. The van der Waals surface area contributed by atoms with Gasteiger partial charge in [0.2, 0.25) is 0 Å². The first-order valence-corrected chi connectivity index (χ1v) is 8.91. The smallest absolute Gasteiger partial charge is 0.263 e. The number of hydrogen-bond donors (Lipinski definition) is 2. The number of aromatic nitrogens is 3. The molecule has 3 aromatic rings. The molecule has 124 valence electrons. The number of aromatic amines is 1. The number of benzene rings is 1. The molecule has 0 unspecified atom stereocenters. The summed E-state index contributed by atoms with van der Waals surface area (Å²) in [5.74, 6) is 0.251. The SMILES string of the molecule is Cc1cc(C)c(S(=O)(=O)Nc2cc(-c3ccncc3)[nH]n2)c(C)c1. The largest absolute Gasteiger partial charge is 0.276 e. The molecule has 0 fully saturated rings. The van der Waals surface area contributed by atoms with Gasteiger partial charge in [0.25, 0.3) is 10.0 Å². The molecule has 0 radical (unpaired) electrons. The average Bonchev–Trinajstić information content (AvgIpc) is 2.94. The van der Waals surface area contributed by atoms with Gasteiger partial charge in [0.15, 0.2) is 5.82 Å². The van der Waals surface area contributed by atoms with E-state index >= 15 is 0 Å². The van der Waals surface area contributed by atoms with Crippen LogP contribution in [-0.2, 0) is 10.0 Å². The Kier molecular flexibility index (Phi) is 4.11. The molecule has 2 aromatic heterocycles. The molecular formula is C17H18N4O2S. The first kappa shape index (κ1) is 16.2. The van der Waals surface area contributed by atoms with Gasteiger partial charge in [0, 0.05) is 24.0 Å². The molecule has 0 saturated heterocycles. The maximum atomic E-state index is 12.7. The minimum Gasteiger partial charge on any atom is -0.276 e. The van der Waals surface area contributed by atoms with E-state index in [1.807, 2.05) is 31.2 Å². The minimum atomic E-state index is -3.71. The minimum absolute atomic E-state index is 0.251. The van der Waals surface area contributed by atoms with E-state index < -0.39 is 10.0 Å². The quantitative estimate of drug-likeness (QED) is 0.762. The van der Waals surface area contributed by atoms with E-state index in [1.165, 1.54) is 0 Å². The average molecular weight is 342 g/mol. The monoisotopic (exact) mass is 342 g/mol. The van der Waals surface area contributed by atoms with Crippen LogP contribution in [-0.4, -0.2) is 23.6 Å². The number of H-pyrrole nitrogens is 1. The molecule has 0 bridgehead atoms. The molecule has 7 heteroatoms. The predicted octanol–water partition coefficient (Wildman–Crippen LogP) is 3.20. The van der Waals surface area contributed by atoms with Crippen molar-refractivity contribution in [1.29, 1.82) is 0 Å². The number of aryl methyl sites for hydroxylation is 3. The van der Waals surface area contributed by atoms with Crippen LogP contribution in [0.3, 0.4) is 0 Å². The fourth-order valence-electron chi connectivity index (χ4n) is 2.83. The standard InChI is InChI=1S/C17H18N4O2S/c1-11-8-12(2)17(13(3)9-11)24(22,23)21-16-10-15(19-20-16)14-4-6-18-7-5-14/h4-10H,1-3H3,(H2,19,20,21).